The van der Waals surface area contributed by atoms with Gasteiger partial charge in [0.25, 0.3) is 0 Å². The van der Waals surface area contributed by atoms with E-state index in [1.54, 1.807) is 0 Å². The summed E-state index contributed by atoms with van der Waals surface area (Å²) >= 11 is 0. The van der Waals surface area contributed by atoms with Crippen LogP contribution in [0.2, 0.25) is 0 Å². The van der Waals surface area contributed by atoms with Crippen LogP contribution in [0, 0.1) is 5.41 Å². The first kappa shape index (κ1) is 9.70. The highest BCUT2D eigenvalue weighted by molar-refractivity contribution is 5.06. The maximum atomic E-state index is 4.02. The molecule has 0 amide bonds. The molecule has 1 heteroatoms. The SMILES string of the molecule is C=C(CN(C)C)C(C)(C)C. The van der Waals surface area contributed by atoms with E-state index in [1.807, 2.05) is 0 Å². The fourth-order valence-corrected chi connectivity index (χ4v) is 0.619. The molecule has 0 spiro atoms. The average molecular weight is 141 g/mol. The fourth-order valence-electron chi connectivity index (χ4n) is 0.619. The van der Waals surface area contributed by atoms with Crippen LogP contribution in [0.15, 0.2) is 12.2 Å². The quantitative estimate of drug-likeness (QED) is 0.533. The summed E-state index contributed by atoms with van der Waals surface area (Å²) in [5, 5.41) is 0. The Morgan fingerprint density at radius 1 is 1.30 bits per heavy atom. The van der Waals surface area contributed by atoms with E-state index in [2.05, 4.69) is 46.3 Å². The molecule has 0 aliphatic carbocycles. The Hall–Kier alpha value is -0.300. The van der Waals surface area contributed by atoms with Crippen molar-refractivity contribution >= 4 is 0 Å². The number of likely N-dealkylation sites (N-methyl/N-ethyl adjacent to an activating group) is 1. The predicted molar refractivity (Wildman–Crippen MR) is 47.1 cm³/mol. The summed E-state index contributed by atoms with van der Waals surface area (Å²) in [6, 6.07) is 0. The summed E-state index contributed by atoms with van der Waals surface area (Å²) in [7, 11) is 4.13. The van der Waals surface area contributed by atoms with E-state index in [-0.39, 0.29) is 5.41 Å². The molecule has 60 valence electrons. The largest absolute Gasteiger partial charge is 0.305 e. The van der Waals surface area contributed by atoms with Gasteiger partial charge in [0.05, 0.1) is 0 Å². The van der Waals surface area contributed by atoms with Gasteiger partial charge in [0.2, 0.25) is 0 Å². The summed E-state index contributed by atoms with van der Waals surface area (Å²) in [5.74, 6) is 0. The summed E-state index contributed by atoms with van der Waals surface area (Å²) in [5.41, 5.74) is 1.54. The van der Waals surface area contributed by atoms with Crippen molar-refractivity contribution in [2.45, 2.75) is 20.8 Å². The van der Waals surface area contributed by atoms with E-state index in [4.69, 9.17) is 0 Å². The molecule has 0 radical (unpaired) electrons. The van der Waals surface area contributed by atoms with E-state index in [0.717, 1.165) is 6.54 Å². The lowest BCUT2D eigenvalue weighted by Crippen LogP contribution is -2.22. The Morgan fingerprint density at radius 2 is 1.70 bits per heavy atom. The van der Waals surface area contributed by atoms with Crippen molar-refractivity contribution in [2.75, 3.05) is 20.6 Å². The van der Waals surface area contributed by atoms with Gasteiger partial charge in [-0.2, -0.15) is 0 Å². The number of rotatable bonds is 2. The van der Waals surface area contributed by atoms with Crippen LogP contribution in [-0.2, 0) is 0 Å². The van der Waals surface area contributed by atoms with Crippen molar-refractivity contribution < 1.29 is 0 Å². The Balaban J connectivity index is 3.87. The van der Waals surface area contributed by atoms with Crippen LogP contribution in [0.5, 0.6) is 0 Å². The molecule has 0 fully saturated rings. The third kappa shape index (κ3) is 3.67. The molecule has 0 N–H and O–H groups in total. The zero-order valence-corrected chi connectivity index (χ0v) is 7.86. The minimum Gasteiger partial charge on any atom is -0.305 e. The molecule has 0 aliphatic heterocycles. The van der Waals surface area contributed by atoms with Gasteiger partial charge in [0.1, 0.15) is 0 Å². The molecule has 0 aromatic rings. The molecule has 10 heavy (non-hydrogen) atoms. The lowest BCUT2D eigenvalue weighted by molar-refractivity contribution is 0.387. The van der Waals surface area contributed by atoms with E-state index in [0.29, 0.717) is 0 Å². The van der Waals surface area contributed by atoms with E-state index >= 15 is 0 Å². The molecular weight excluding hydrogens is 122 g/mol. The number of hydrogen-bond donors (Lipinski definition) is 0. The maximum absolute atomic E-state index is 4.02. The van der Waals surface area contributed by atoms with Gasteiger partial charge >= 0.3 is 0 Å². The normalized spacial score (nSPS) is 12.2. The molecule has 0 aromatic heterocycles. The first-order valence-corrected chi connectivity index (χ1v) is 3.67. The third-order valence-corrected chi connectivity index (χ3v) is 1.57. The Morgan fingerprint density at radius 3 is 1.80 bits per heavy atom. The molecule has 0 bridgehead atoms. The number of nitrogens with zero attached hydrogens (tertiary/aromatic N) is 1. The highest BCUT2D eigenvalue weighted by Gasteiger charge is 2.14. The van der Waals surface area contributed by atoms with Crippen molar-refractivity contribution in [3.8, 4) is 0 Å². The first-order valence-electron chi connectivity index (χ1n) is 3.67. The summed E-state index contributed by atoms with van der Waals surface area (Å²) in [4.78, 5) is 2.15. The van der Waals surface area contributed by atoms with Gasteiger partial charge in [-0.1, -0.05) is 32.9 Å². The van der Waals surface area contributed by atoms with Crippen molar-refractivity contribution in [2.24, 2.45) is 5.41 Å². The maximum Gasteiger partial charge on any atom is 0.0189 e. The highest BCUT2D eigenvalue weighted by atomic mass is 15.0. The Bertz CT molecular complexity index is 117. The van der Waals surface area contributed by atoms with Crippen LogP contribution < -0.4 is 0 Å². The summed E-state index contributed by atoms with van der Waals surface area (Å²) in [6.07, 6.45) is 0. The van der Waals surface area contributed by atoms with Gasteiger partial charge in [-0.3, -0.25) is 0 Å². The number of hydrogen-bond acceptors (Lipinski definition) is 1. The molecule has 0 saturated carbocycles. The second-order valence-corrected chi connectivity index (χ2v) is 4.09. The van der Waals surface area contributed by atoms with Crippen molar-refractivity contribution in [1.82, 2.24) is 4.90 Å². The van der Waals surface area contributed by atoms with Crippen LogP contribution in [0.4, 0.5) is 0 Å². The van der Waals surface area contributed by atoms with Crippen LogP contribution >= 0.6 is 0 Å². The van der Waals surface area contributed by atoms with Crippen molar-refractivity contribution in [3.63, 3.8) is 0 Å². The van der Waals surface area contributed by atoms with Gasteiger partial charge in [-0.05, 0) is 19.5 Å². The third-order valence-electron chi connectivity index (χ3n) is 1.57. The zero-order chi connectivity index (χ0) is 8.36. The molecule has 1 nitrogen and oxygen atoms in total. The predicted octanol–water partition coefficient (Wildman–Crippen LogP) is 2.15. The fraction of sp³-hybridized carbons (Fsp3) is 0.778. The lowest BCUT2D eigenvalue weighted by atomic mass is 9.87. The lowest BCUT2D eigenvalue weighted by Gasteiger charge is -2.24. The molecule has 0 atom stereocenters. The Kier molecular flexibility index (Phi) is 3.10. The second kappa shape index (κ2) is 3.20. The first-order chi connectivity index (χ1) is 4.34. The van der Waals surface area contributed by atoms with E-state index in [9.17, 15) is 0 Å². The zero-order valence-electron chi connectivity index (χ0n) is 7.86. The van der Waals surface area contributed by atoms with Crippen LogP contribution in [0.25, 0.3) is 0 Å². The van der Waals surface area contributed by atoms with Crippen LogP contribution in [-0.4, -0.2) is 25.5 Å². The minimum absolute atomic E-state index is 0.254. The molecule has 0 aliphatic rings. The van der Waals surface area contributed by atoms with E-state index in [1.165, 1.54) is 5.57 Å². The van der Waals surface area contributed by atoms with Gasteiger partial charge in [-0.15, -0.1) is 0 Å². The van der Waals surface area contributed by atoms with Gasteiger partial charge < -0.3 is 4.90 Å². The standard InChI is InChI=1S/C9H19N/c1-8(7-10(5)6)9(2,3)4/h1,7H2,2-6H3. The molecular formula is C9H19N. The summed E-state index contributed by atoms with van der Waals surface area (Å²) in [6.45, 7) is 11.6. The second-order valence-electron chi connectivity index (χ2n) is 4.09. The topological polar surface area (TPSA) is 3.24 Å². The van der Waals surface area contributed by atoms with Crippen LogP contribution in [0.1, 0.15) is 20.8 Å². The smallest absolute Gasteiger partial charge is 0.0189 e. The molecule has 0 saturated heterocycles. The van der Waals surface area contributed by atoms with Gasteiger partial charge in [0.15, 0.2) is 0 Å². The van der Waals surface area contributed by atoms with Gasteiger partial charge in [0, 0.05) is 6.54 Å². The molecule has 0 heterocycles. The molecule has 0 rings (SSSR count). The van der Waals surface area contributed by atoms with Gasteiger partial charge in [-0.25, -0.2) is 0 Å². The highest BCUT2D eigenvalue weighted by Crippen LogP contribution is 2.23. The molecule has 0 aromatic carbocycles. The van der Waals surface area contributed by atoms with Crippen molar-refractivity contribution in [1.29, 1.82) is 0 Å². The minimum atomic E-state index is 0.254. The Labute approximate surface area is 64.7 Å². The van der Waals surface area contributed by atoms with E-state index < -0.39 is 0 Å². The van der Waals surface area contributed by atoms with Crippen molar-refractivity contribution in [3.05, 3.63) is 12.2 Å². The molecule has 0 unspecified atom stereocenters. The average Bonchev–Trinajstić information content (AvgIpc) is 1.60. The van der Waals surface area contributed by atoms with Crippen LogP contribution in [0.3, 0.4) is 0 Å². The summed E-state index contributed by atoms with van der Waals surface area (Å²) < 4.78 is 0. The monoisotopic (exact) mass is 141 g/mol.